The summed E-state index contributed by atoms with van der Waals surface area (Å²) in [6.45, 7) is 7.51. The molecule has 0 bridgehead atoms. The molecule has 3 nitrogen and oxygen atoms in total. The van der Waals surface area contributed by atoms with Gasteiger partial charge in [-0.3, -0.25) is 4.79 Å². The third kappa shape index (κ3) is 6.17. The Hall–Kier alpha value is -0.230. The van der Waals surface area contributed by atoms with Crippen LogP contribution >= 0.6 is 34.7 Å². The number of carbonyl (C=O) groups is 1. The molecule has 2 unspecified atom stereocenters. The number of nitrogens with two attached hydrogens (primary N) is 1. The van der Waals surface area contributed by atoms with Crippen LogP contribution in [0.2, 0.25) is 4.34 Å². The highest BCUT2D eigenvalue weighted by Gasteiger charge is 2.22. The highest BCUT2D eigenvalue weighted by atomic mass is 35.5. The molecule has 0 aromatic carbocycles. The summed E-state index contributed by atoms with van der Waals surface area (Å²) in [6.07, 6.45) is 0. The molecule has 0 amide bonds. The standard InChI is InChI=1S/C13H20ClNO2S2/c1-8(15)12(9-5-6-10(14)19-9)18-7-11(16)17-13(2,3)4/h5-6,8,12H,7,15H2,1-4H3. The summed E-state index contributed by atoms with van der Waals surface area (Å²) < 4.78 is 6.02. The molecule has 0 saturated carbocycles. The van der Waals surface area contributed by atoms with E-state index in [-0.39, 0.29) is 17.3 Å². The predicted octanol–water partition coefficient (Wildman–Crippen LogP) is 3.86. The summed E-state index contributed by atoms with van der Waals surface area (Å²) in [5.74, 6) is 0.0738. The van der Waals surface area contributed by atoms with Gasteiger partial charge in [0.05, 0.1) is 15.3 Å². The number of esters is 1. The largest absolute Gasteiger partial charge is 0.459 e. The molecule has 0 spiro atoms. The van der Waals surface area contributed by atoms with E-state index >= 15 is 0 Å². The van der Waals surface area contributed by atoms with Gasteiger partial charge in [-0.15, -0.1) is 23.1 Å². The van der Waals surface area contributed by atoms with Crippen molar-refractivity contribution in [1.82, 2.24) is 0 Å². The fraction of sp³-hybridized carbons (Fsp3) is 0.615. The first kappa shape index (κ1) is 16.8. The van der Waals surface area contributed by atoms with Gasteiger partial charge in [0.15, 0.2) is 0 Å². The van der Waals surface area contributed by atoms with Gasteiger partial charge < -0.3 is 10.5 Å². The number of hydrogen-bond acceptors (Lipinski definition) is 5. The van der Waals surface area contributed by atoms with Gasteiger partial charge in [0.2, 0.25) is 0 Å². The Morgan fingerprint density at radius 1 is 1.53 bits per heavy atom. The summed E-state index contributed by atoms with van der Waals surface area (Å²) in [5, 5.41) is 0.0602. The first-order valence-corrected chi connectivity index (χ1v) is 8.27. The summed E-state index contributed by atoms with van der Waals surface area (Å²) in [4.78, 5) is 12.8. The maximum Gasteiger partial charge on any atom is 0.316 e. The Bertz CT molecular complexity index is 427. The lowest BCUT2D eigenvalue weighted by molar-refractivity contribution is -0.151. The summed E-state index contributed by atoms with van der Waals surface area (Å²) >= 11 is 8.93. The zero-order valence-corrected chi connectivity index (χ0v) is 14.0. The minimum atomic E-state index is -0.451. The minimum absolute atomic E-state index is 0.0536. The number of thioether (sulfide) groups is 1. The van der Waals surface area contributed by atoms with Crippen molar-refractivity contribution in [2.45, 2.75) is 44.6 Å². The molecule has 19 heavy (non-hydrogen) atoms. The fourth-order valence-corrected chi connectivity index (χ4v) is 3.93. The van der Waals surface area contributed by atoms with E-state index in [9.17, 15) is 4.79 Å². The number of thiophene rings is 1. The highest BCUT2D eigenvalue weighted by molar-refractivity contribution is 8.00. The van der Waals surface area contributed by atoms with Crippen LogP contribution in [-0.4, -0.2) is 23.4 Å². The van der Waals surface area contributed by atoms with Gasteiger partial charge in [-0.05, 0) is 39.8 Å². The Kier molecular flexibility index (Phi) is 6.17. The van der Waals surface area contributed by atoms with Crippen LogP contribution in [0.5, 0.6) is 0 Å². The van der Waals surface area contributed by atoms with Gasteiger partial charge in [-0.2, -0.15) is 0 Å². The van der Waals surface area contributed by atoms with Crippen LogP contribution < -0.4 is 5.73 Å². The van der Waals surface area contributed by atoms with Crippen molar-refractivity contribution in [2.24, 2.45) is 5.73 Å². The van der Waals surface area contributed by atoms with Crippen molar-refractivity contribution in [3.8, 4) is 0 Å². The van der Waals surface area contributed by atoms with Crippen LogP contribution in [0.1, 0.15) is 37.8 Å². The van der Waals surface area contributed by atoms with Gasteiger partial charge in [0.25, 0.3) is 0 Å². The second-order valence-electron chi connectivity index (χ2n) is 5.32. The minimum Gasteiger partial charge on any atom is -0.459 e. The Morgan fingerprint density at radius 3 is 2.58 bits per heavy atom. The maximum absolute atomic E-state index is 11.7. The lowest BCUT2D eigenvalue weighted by atomic mass is 10.2. The van der Waals surface area contributed by atoms with Crippen LogP contribution in [0.3, 0.4) is 0 Å². The molecule has 0 saturated heterocycles. The number of halogens is 1. The number of hydrogen-bond donors (Lipinski definition) is 1. The van der Waals surface area contributed by atoms with Crippen molar-refractivity contribution in [3.63, 3.8) is 0 Å². The molecule has 2 N–H and O–H groups in total. The lowest BCUT2D eigenvalue weighted by Crippen LogP contribution is -2.27. The van der Waals surface area contributed by atoms with Crippen molar-refractivity contribution in [3.05, 3.63) is 21.3 Å². The summed E-state index contributed by atoms with van der Waals surface area (Å²) in [7, 11) is 0. The number of rotatable bonds is 5. The van der Waals surface area contributed by atoms with Crippen molar-refractivity contribution >= 4 is 40.7 Å². The van der Waals surface area contributed by atoms with Gasteiger partial charge in [0, 0.05) is 10.9 Å². The van der Waals surface area contributed by atoms with Crippen LogP contribution in [0.15, 0.2) is 12.1 Å². The first-order valence-electron chi connectivity index (χ1n) is 6.03. The topological polar surface area (TPSA) is 52.3 Å². The average Bonchev–Trinajstić information content (AvgIpc) is 2.61. The molecule has 0 aliphatic carbocycles. The monoisotopic (exact) mass is 321 g/mol. The third-order valence-corrected chi connectivity index (χ3v) is 5.06. The molecule has 1 rings (SSSR count). The Morgan fingerprint density at radius 2 is 2.16 bits per heavy atom. The predicted molar refractivity (Wildman–Crippen MR) is 84.0 cm³/mol. The van der Waals surface area contributed by atoms with E-state index in [1.165, 1.54) is 23.1 Å². The van der Waals surface area contributed by atoms with E-state index in [2.05, 4.69) is 0 Å². The molecule has 6 heteroatoms. The SMILES string of the molecule is CC(N)C(SCC(=O)OC(C)(C)C)c1ccc(Cl)s1. The van der Waals surface area contributed by atoms with Crippen LogP contribution in [0, 0.1) is 0 Å². The normalized spacial score (nSPS) is 15.1. The quantitative estimate of drug-likeness (QED) is 0.836. The van der Waals surface area contributed by atoms with Crippen LogP contribution in [-0.2, 0) is 9.53 Å². The van der Waals surface area contributed by atoms with Gasteiger partial charge in [0.1, 0.15) is 5.60 Å². The van der Waals surface area contributed by atoms with E-state index in [1.807, 2.05) is 39.8 Å². The van der Waals surface area contributed by atoms with Crippen LogP contribution in [0.4, 0.5) is 0 Å². The molecule has 1 aromatic heterocycles. The zero-order chi connectivity index (χ0) is 14.6. The van der Waals surface area contributed by atoms with Gasteiger partial charge in [-0.25, -0.2) is 0 Å². The molecule has 108 valence electrons. The third-order valence-electron chi connectivity index (χ3n) is 2.15. The molecule has 0 aliphatic rings. The molecule has 0 radical (unpaired) electrons. The Balaban J connectivity index is 2.59. The maximum atomic E-state index is 11.7. The molecule has 2 atom stereocenters. The van der Waals surface area contributed by atoms with Crippen molar-refractivity contribution in [1.29, 1.82) is 0 Å². The van der Waals surface area contributed by atoms with E-state index in [4.69, 9.17) is 22.1 Å². The van der Waals surface area contributed by atoms with E-state index in [0.29, 0.717) is 5.75 Å². The fourth-order valence-electron chi connectivity index (χ4n) is 1.50. The van der Waals surface area contributed by atoms with E-state index in [1.54, 1.807) is 0 Å². The first-order chi connectivity index (χ1) is 8.69. The molecule has 1 aromatic rings. The Labute approximate surface area is 127 Å². The van der Waals surface area contributed by atoms with Crippen molar-refractivity contribution < 1.29 is 9.53 Å². The molecule has 0 aliphatic heterocycles. The van der Waals surface area contributed by atoms with Gasteiger partial charge >= 0.3 is 5.97 Å². The summed E-state index contributed by atoms with van der Waals surface area (Å²) in [5.41, 5.74) is 5.53. The van der Waals surface area contributed by atoms with E-state index < -0.39 is 5.60 Å². The van der Waals surface area contributed by atoms with Gasteiger partial charge in [-0.1, -0.05) is 11.6 Å². The highest BCUT2D eigenvalue weighted by Crippen LogP contribution is 2.37. The number of ether oxygens (including phenoxy) is 1. The van der Waals surface area contributed by atoms with E-state index in [0.717, 1.165) is 9.21 Å². The zero-order valence-electron chi connectivity index (χ0n) is 11.6. The molecular formula is C13H20ClNO2S2. The molecule has 1 heterocycles. The molecule has 0 fully saturated rings. The smallest absolute Gasteiger partial charge is 0.316 e. The van der Waals surface area contributed by atoms with Crippen molar-refractivity contribution in [2.75, 3.05) is 5.75 Å². The second kappa shape index (κ2) is 6.97. The number of carbonyl (C=O) groups excluding carboxylic acids is 1. The second-order valence-corrected chi connectivity index (χ2v) is 8.20. The molecular weight excluding hydrogens is 302 g/mol. The lowest BCUT2D eigenvalue weighted by Gasteiger charge is -2.22. The average molecular weight is 322 g/mol. The summed E-state index contributed by atoms with van der Waals surface area (Å²) in [6, 6.07) is 3.76. The van der Waals surface area contributed by atoms with Crippen LogP contribution in [0.25, 0.3) is 0 Å².